The van der Waals surface area contributed by atoms with E-state index >= 15 is 0 Å². The van der Waals surface area contributed by atoms with Gasteiger partial charge < -0.3 is 18.9 Å². The highest BCUT2D eigenvalue weighted by molar-refractivity contribution is 5.75. The highest BCUT2D eigenvalue weighted by Crippen LogP contribution is 2.33. The molecular formula is C34H34O6. The number of aryl methyl sites for hydroxylation is 2. The number of ether oxygens (including phenoxy) is 4. The first-order valence-electron chi connectivity index (χ1n) is 13.3. The third kappa shape index (κ3) is 7.73. The van der Waals surface area contributed by atoms with Crippen molar-refractivity contribution in [3.8, 4) is 22.6 Å². The Morgan fingerprint density at radius 2 is 0.950 bits per heavy atom. The minimum absolute atomic E-state index is 0.203. The van der Waals surface area contributed by atoms with Gasteiger partial charge in [-0.1, -0.05) is 72.8 Å². The van der Waals surface area contributed by atoms with Crippen molar-refractivity contribution in [1.29, 1.82) is 0 Å². The van der Waals surface area contributed by atoms with Crippen LogP contribution in [0.4, 0.5) is 0 Å². The Balaban J connectivity index is 1.38. The maximum atomic E-state index is 12.4. The summed E-state index contributed by atoms with van der Waals surface area (Å²) in [5.41, 5.74) is 5.78. The maximum Gasteiger partial charge on any atom is 0.344 e. The second-order valence-electron chi connectivity index (χ2n) is 9.62. The van der Waals surface area contributed by atoms with Crippen molar-refractivity contribution in [2.45, 2.75) is 39.9 Å². The number of carbonyl (C=O) groups is 2. The predicted molar refractivity (Wildman–Crippen MR) is 154 cm³/mol. The van der Waals surface area contributed by atoms with Crippen LogP contribution in [0.5, 0.6) is 11.5 Å². The van der Waals surface area contributed by atoms with E-state index in [1.807, 2.05) is 125 Å². The summed E-state index contributed by atoms with van der Waals surface area (Å²) in [7, 11) is 0. The Morgan fingerprint density at radius 3 is 1.32 bits per heavy atom. The van der Waals surface area contributed by atoms with E-state index < -0.39 is 11.9 Å². The lowest BCUT2D eigenvalue weighted by Crippen LogP contribution is -2.17. The van der Waals surface area contributed by atoms with E-state index in [2.05, 4.69) is 0 Å². The standard InChI is InChI=1S/C34H34O6/c1-23-15-17-29(37-21-33(35)39-25(3)27-11-7-5-8-12-27)19-31(23)32-20-30(18-16-24(32)2)38-22-34(36)40-26(4)28-13-9-6-10-14-28/h5-20,25-26H,21-22H2,1-4H3. The van der Waals surface area contributed by atoms with Gasteiger partial charge in [-0.05, 0) is 85.3 Å². The molecule has 0 fully saturated rings. The van der Waals surface area contributed by atoms with Crippen molar-refractivity contribution < 1.29 is 28.5 Å². The number of hydrogen-bond acceptors (Lipinski definition) is 6. The number of benzene rings is 4. The van der Waals surface area contributed by atoms with Gasteiger partial charge in [0.05, 0.1) is 0 Å². The van der Waals surface area contributed by atoms with Crippen LogP contribution >= 0.6 is 0 Å². The highest BCUT2D eigenvalue weighted by Gasteiger charge is 2.15. The van der Waals surface area contributed by atoms with Crippen LogP contribution in [-0.2, 0) is 19.1 Å². The van der Waals surface area contributed by atoms with Crippen LogP contribution in [-0.4, -0.2) is 25.2 Å². The lowest BCUT2D eigenvalue weighted by atomic mass is 9.96. The van der Waals surface area contributed by atoms with E-state index in [0.29, 0.717) is 11.5 Å². The van der Waals surface area contributed by atoms with Gasteiger partial charge in [-0.3, -0.25) is 0 Å². The average Bonchev–Trinajstić information content (AvgIpc) is 2.97. The van der Waals surface area contributed by atoms with Crippen LogP contribution in [0.1, 0.15) is 48.3 Å². The monoisotopic (exact) mass is 538 g/mol. The predicted octanol–water partition coefficient (Wildman–Crippen LogP) is 7.34. The zero-order valence-electron chi connectivity index (χ0n) is 23.3. The van der Waals surface area contributed by atoms with E-state index in [0.717, 1.165) is 33.4 Å². The Morgan fingerprint density at radius 1 is 0.575 bits per heavy atom. The molecule has 206 valence electrons. The fraction of sp³-hybridized carbons (Fsp3) is 0.235. The third-order valence-electron chi connectivity index (χ3n) is 6.58. The molecule has 0 saturated heterocycles. The van der Waals surface area contributed by atoms with Gasteiger partial charge in [0.2, 0.25) is 0 Å². The van der Waals surface area contributed by atoms with Crippen LogP contribution in [0, 0.1) is 13.8 Å². The van der Waals surface area contributed by atoms with Crippen molar-refractivity contribution in [2.75, 3.05) is 13.2 Å². The van der Waals surface area contributed by atoms with Crippen LogP contribution in [0.25, 0.3) is 11.1 Å². The molecule has 0 spiro atoms. The van der Waals surface area contributed by atoms with Crippen LogP contribution < -0.4 is 9.47 Å². The molecule has 6 nitrogen and oxygen atoms in total. The number of carbonyl (C=O) groups excluding carboxylic acids is 2. The van der Waals surface area contributed by atoms with Gasteiger partial charge in [-0.25, -0.2) is 9.59 Å². The maximum absolute atomic E-state index is 12.4. The zero-order chi connectivity index (χ0) is 28.5. The molecule has 0 aliphatic carbocycles. The lowest BCUT2D eigenvalue weighted by Gasteiger charge is -2.16. The molecule has 4 rings (SSSR count). The van der Waals surface area contributed by atoms with Gasteiger partial charge in [0.15, 0.2) is 13.2 Å². The molecule has 0 N–H and O–H groups in total. The summed E-state index contributed by atoms with van der Waals surface area (Å²) in [6, 6.07) is 30.5. The van der Waals surface area contributed by atoms with Crippen LogP contribution in [0.3, 0.4) is 0 Å². The van der Waals surface area contributed by atoms with Gasteiger partial charge >= 0.3 is 11.9 Å². The molecule has 0 amide bonds. The minimum Gasteiger partial charge on any atom is -0.482 e. The Kier molecular flexibility index (Phi) is 9.57. The molecule has 0 saturated carbocycles. The molecule has 0 bridgehead atoms. The molecule has 0 aliphatic rings. The molecule has 4 aromatic rings. The smallest absolute Gasteiger partial charge is 0.344 e. The number of esters is 2. The zero-order valence-corrected chi connectivity index (χ0v) is 23.3. The van der Waals surface area contributed by atoms with E-state index in [-0.39, 0.29) is 25.4 Å². The largest absolute Gasteiger partial charge is 0.482 e. The summed E-state index contributed by atoms with van der Waals surface area (Å²) in [5.74, 6) is 0.209. The number of rotatable bonds is 11. The average molecular weight is 539 g/mol. The quantitative estimate of drug-likeness (QED) is 0.186. The summed E-state index contributed by atoms with van der Waals surface area (Å²) in [6.07, 6.45) is -0.731. The Labute approximate surface area is 235 Å². The van der Waals surface area contributed by atoms with Crippen molar-refractivity contribution in [1.82, 2.24) is 0 Å². The molecular weight excluding hydrogens is 504 g/mol. The molecule has 4 aromatic carbocycles. The van der Waals surface area contributed by atoms with Gasteiger partial charge in [-0.15, -0.1) is 0 Å². The summed E-state index contributed by atoms with van der Waals surface area (Å²) >= 11 is 0. The first kappa shape index (κ1) is 28.4. The SMILES string of the molecule is Cc1ccc(OCC(=O)OC(C)c2ccccc2)cc1-c1cc(OCC(=O)OC(C)c2ccccc2)ccc1C. The molecule has 0 aliphatic heterocycles. The molecule has 40 heavy (non-hydrogen) atoms. The Bertz CT molecular complexity index is 1320. The van der Waals surface area contributed by atoms with E-state index in [1.165, 1.54) is 0 Å². The summed E-state index contributed by atoms with van der Waals surface area (Å²) in [5, 5.41) is 0. The fourth-order valence-electron chi connectivity index (χ4n) is 4.29. The number of hydrogen-bond donors (Lipinski definition) is 0. The molecule has 2 unspecified atom stereocenters. The van der Waals surface area contributed by atoms with Crippen LogP contribution in [0.2, 0.25) is 0 Å². The minimum atomic E-state index is -0.446. The highest BCUT2D eigenvalue weighted by atomic mass is 16.6. The van der Waals surface area contributed by atoms with Crippen molar-refractivity contribution in [3.63, 3.8) is 0 Å². The lowest BCUT2D eigenvalue weighted by molar-refractivity contribution is -0.151. The first-order valence-corrected chi connectivity index (χ1v) is 13.3. The summed E-state index contributed by atoms with van der Waals surface area (Å²) < 4.78 is 22.6. The van der Waals surface area contributed by atoms with Crippen LogP contribution in [0.15, 0.2) is 97.1 Å². The molecule has 6 heteroatoms. The van der Waals surface area contributed by atoms with Gasteiger partial charge in [0.25, 0.3) is 0 Å². The van der Waals surface area contributed by atoms with Gasteiger partial charge in [-0.2, -0.15) is 0 Å². The van der Waals surface area contributed by atoms with Crippen molar-refractivity contribution in [3.05, 3.63) is 119 Å². The second kappa shape index (κ2) is 13.5. The second-order valence-corrected chi connectivity index (χ2v) is 9.62. The van der Waals surface area contributed by atoms with E-state index in [1.54, 1.807) is 0 Å². The first-order chi connectivity index (χ1) is 19.3. The topological polar surface area (TPSA) is 71.1 Å². The Hall–Kier alpha value is -4.58. The molecule has 0 heterocycles. The molecule has 0 aromatic heterocycles. The van der Waals surface area contributed by atoms with E-state index in [4.69, 9.17) is 18.9 Å². The normalized spacial score (nSPS) is 12.2. The fourth-order valence-corrected chi connectivity index (χ4v) is 4.29. The summed E-state index contributed by atoms with van der Waals surface area (Å²) in [4.78, 5) is 24.8. The third-order valence-corrected chi connectivity index (χ3v) is 6.58. The van der Waals surface area contributed by atoms with Gasteiger partial charge in [0, 0.05) is 0 Å². The molecule has 0 radical (unpaired) electrons. The van der Waals surface area contributed by atoms with Gasteiger partial charge in [0.1, 0.15) is 23.7 Å². The molecule has 2 atom stereocenters. The van der Waals surface area contributed by atoms with Crippen molar-refractivity contribution >= 4 is 11.9 Å². The summed E-state index contributed by atoms with van der Waals surface area (Å²) in [6.45, 7) is 7.27. The van der Waals surface area contributed by atoms with Crippen molar-refractivity contribution in [2.24, 2.45) is 0 Å². The van der Waals surface area contributed by atoms with E-state index in [9.17, 15) is 9.59 Å².